The zero-order chi connectivity index (χ0) is 18.5. The Morgan fingerprint density at radius 2 is 2.00 bits per heavy atom. The van der Waals surface area contributed by atoms with Crippen LogP contribution in [0.3, 0.4) is 0 Å². The Bertz CT molecular complexity index is 884. The Morgan fingerprint density at radius 1 is 1.19 bits per heavy atom. The molecule has 0 atom stereocenters. The van der Waals surface area contributed by atoms with Gasteiger partial charge >= 0.3 is 5.97 Å². The minimum atomic E-state index is -0.716. The second-order valence-electron chi connectivity index (χ2n) is 5.23. The molecule has 8 heteroatoms. The maximum atomic E-state index is 13.1. The summed E-state index contributed by atoms with van der Waals surface area (Å²) in [5, 5.41) is 2.53. The quantitative estimate of drug-likeness (QED) is 0.638. The number of fused-ring (bicyclic) bond motifs is 1. The molecule has 6 nitrogen and oxygen atoms in total. The van der Waals surface area contributed by atoms with Gasteiger partial charge < -0.3 is 19.5 Å². The molecule has 0 fully saturated rings. The molecule has 26 heavy (non-hydrogen) atoms. The summed E-state index contributed by atoms with van der Waals surface area (Å²) < 4.78 is 28.3. The molecule has 1 amide bonds. The first-order chi connectivity index (χ1) is 12.5. The fourth-order valence-corrected chi connectivity index (χ4v) is 2.33. The van der Waals surface area contributed by atoms with Gasteiger partial charge in [0.05, 0.1) is 5.02 Å². The average molecular weight is 378 g/mol. The number of hydrogen-bond acceptors (Lipinski definition) is 5. The molecule has 0 bridgehead atoms. The van der Waals surface area contributed by atoms with Gasteiger partial charge in [0, 0.05) is 17.8 Å². The van der Waals surface area contributed by atoms with Gasteiger partial charge in [0.1, 0.15) is 5.82 Å². The minimum Gasteiger partial charge on any atom is -0.454 e. The van der Waals surface area contributed by atoms with Crippen molar-refractivity contribution in [3.63, 3.8) is 0 Å². The van der Waals surface area contributed by atoms with Crippen LogP contribution in [0.4, 0.5) is 10.1 Å². The standard InChI is InChI=1S/C18H13ClFNO5/c19-13-7-11(1-4-14(13)20)2-6-18(23)24-9-17(22)21-12-3-5-15-16(8-12)26-10-25-15/h1-8H,9-10H2,(H,21,22)/b6-2+. The van der Waals surface area contributed by atoms with Crippen LogP contribution < -0.4 is 14.8 Å². The number of anilines is 1. The molecule has 3 rings (SSSR count). The molecule has 134 valence electrons. The van der Waals surface area contributed by atoms with Gasteiger partial charge in [-0.05, 0) is 35.9 Å². The summed E-state index contributed by atoms with van der Waals surface area (Å²) >= 11 is 5.65. The van der Waals surface area contributed by atoms with Gasteiger partial charge in [-0.25, -0.2) is 9.18 Å². The van der Waals surface area contributed by atoms with Gasteiger partial charge in [0.15, 0.2) is 18.1 Å². The maximum Gasteiger partial charge on any atom is 0.331 e. The molecule has 0 saturated carbocycles. The fraction of sp³-hybridized carbons (Fsp3) is 0.111. The molecule has 1 heterocycles. The number of ether oxygens (including phenoxy) is 3. The van der Waals surface area contributed by atoms with E-state index in [2.05, 4.69) is 5.32 Å². The molecule has 1 aliphatic rings. The molecule has 0 spiro atoms. The summed E-state index contributed by atoms with van der Waals surface area (Å²) in [5.74, 6) is -0.644. The van der Waals surface area contributed by atoms with Crippen LogP contribution in [0.2, 0.25) is 5.02 Å². The fourth-order valence-electron chi connectivity index (χ4n) is 2.14. The van der Waals surface area contributed by atoms with Crippen LogP contribution in [0.25, 0.3) is 6.08 Å². The number of hydrogen-bond donors (Lipinski definition) is 1. The normalized spacial score (nSPS) is 12.2. The molecule has 1 aliphatic heterocycles. The molecular formula is C18H13ClFNO5. The van der Waals surface area contributed by atoms with E-state index in [1.807, 2.05) is 0 Å². The number of carbonyl (C=O) groups excluding carboxylic acids is 2. The molecular weight excluding hydrogens is 365 g/mol. The van der Waals surface area contributed by atoms with Crippen LogP contribution in [0.15, 0.2) is 42.5 Å². The SMILES string of the molecule is O=C(COC(=O)/C=C/c1ccc(F)c(Cl)c1)Nc1ccc2c(c1)OCO2. The lowest BCUT2D eigenvalue weighted by Gasteiger charge is -2.06. The van der Waals surface area contributed by atoms with Crippen LogP contribution in [0.1, 0.15) is 5.56 Å². The molecule has 2 aromatic rings. The number of amides is 1. The van der Waals surface area contributed by atoms with Gasteiger partial charge in [0.25, 0.3) is 5.91 Å². The molecule has 1 N–H and O–H groups in total. The van der Waals surface area contributed by atoms with Crippen LogP contribution in [-0.2, 0) is 14.3 Å². The highest BCUT2D eigenvalue weighted by molar-refractivity contribution is 6.30. The highest BCUT2D eigenvalue weighted by Crippen LogP contribution is 2.34. The molecule has 0 radical (unpaired) electrons. The first-order valence-electron chi connectivity index (χ1n) is 7.50. The first-order valence-corrected chi connectivity index (χ1v) is 7.88. The molecule has 0 saturated heterocycles. The third kappa shape index (κ3) is 4.52. The maximum absolute atomic E-state index is 13.1. The Labute approximate surface area is 153 Å². The van der Waals surface area contributed by atoms with Gasteiger partial charge in [-0.2, -0.15) is 0 Å². The summed E-state index contributed by atoms with van der Waals surface area (Å²) in [4.78, 5) is 23.5. The summed E-state index contributed by atoms with van der Waals surface area (Å²) in [6, 6.07) is 8.93. The third-order valence-electron chi connectivity index (χ3n) is 3.36. The highest BCUT2D eigenvalue weighted by Gasteiger charge is 2.14. The van der Waals surface area contributed by atoms with E-state index >= 15 is 0 Å². The van der Waals surface area contributed by atoms with Gasteiger partial charge in [-0.3, -0.25) is 4.79 Å². The van der Waals surface area contributed by atoms with E-state index in [4.69, 9.17) is 25.8 Å². The van der Waals surface area contributed by atoms with E-state index in [1.54, 1.807) is 18.2 Å². The van der Waals surface area contributed by atoms with Crippen molar-refractivity contribution in [2.45, 2.75) is 0 Å². The second-order valence-corrected chi connectivity index (χ2v) is 5.64. The van der Waals surface area contributed by atoms with Crippen molar-refractivity contribution in [1.29, 1.82) is 0 Å². The van der Waals surface area contributed by atoms with Crippen molar-refractivity contribution >= 4 is 35.2 Å². The molecule has 0 unspecified atom stereocenters. The largest absolute Gasteiger partial charge is 0.454 e. The Kier molecular flexibility index (Phi) is 5.38. The van der Waals surface area contributed by atoms with Crippen molar-refractivity contribution in [3.8, 4) is 11.5 Å². The van der Waals surface area contributed by atoms with E-state index < -0.39 is 24.3 Å². The molecule has 0 aromatic heterocycles. The van der Waals surface area contributed by atoms with Crippen LogP contribution >= 0.6 is 11.6 Å². The number of nitrogens with one attached hydrogen (secondary N) is 1. The van der Waals surface area contributed by atoms with E-state index in [1.165, 1.54) is 24.3 Å². The molecule has 0 aliphatic carbocycles. The van der Waals surface area contributed by atoms with Crippen LogP contribution in [0, 0.1) is 5.82 Å². The third-order valence-corrected chi connectivity index (χ3v) is 3.65. The predicted molar refractivity (Wildman–Crippen MR) is 92.6 cm³/mol. The second kappa shape index (κ2) is 7.88. The zero-order valence-corrected chi connectivity index (χ0v) is 14.1. The van der Waals surface area contributed by atoms with Crippen molar-refractivity contribution in [2.75, 3.05) is 18.7 Å². The summed E-state index contributed by atoms with van der Waals surface area (Å²) in [6.45, 7) is -0.322. The van der Waals surface area contributed by atoms with Gasteiger partial charge in [-0.1, -0.05) is 17.7 Å². The summed E-state index contributed by atoms with van der Waals surface area (Å²) in [6.07, 6.45) is 2.53. The number of benzene rings is 2. The van der Waals surface area contributed by atoms with Crippen LogP contribution in [0.5, 0.6) is 11.5 Å². The number of halogens is 2. The van der Waals surface area contributed by atoms with Gasteiger partial charge in [0.2, 0.25) is 6.79 Å². The van der Waals surface area contributed by atoms with E-state index in [0.29, 0.717) is 22.7 Å². The van der Waals surface area contributed by atoms with Crippen molar-refractivity contribution < 1.29 is 28.2 Å². The van der Waals surface area contributed by atoms with Crippen molar-refractivity contribution in [3.05, 3.63) is 58.9 Å². The number of rotatable bonds is 5. The lowest BCUT2D eigenvalue weighted by molar-refractivity contribution is -0.142. The highest BCUT2D eigenvalue weighted by atomic mass is 35.5. The number of carbonyl (C=O) groups is 2. The average Bonchev–Trinajstić information content (AvgIpc) is 3.08. The lowest BCUT2D eigenvalue weighted by atomic mass is 10.2. The van der Waals surface area contributed by atoms with Crippen molar-refractivity contribution in [2.24, 2.45) is 0 Å². The van der Waals surface area contributed by atoms with E-state index in [9.17, 15) is 14.0 Å². The Hall–Kier alpha value is -3.06. The zero-order valence-electron chi connectivity index (χ0n) is 13.3. The smallest absolute Gasteiger partial charge is 0.331 e. The Balaban J connectivity index is 1.48. The van der Waals surface area contributed by atoms with E-state index in [0.717, 1.165) is 6.08 Å². The van der Waals surface area contributed by atoms with Crippen molar-refractivity contribution in [1.82, 2.24) is 0 Å². The lowest BCUT2D eigenvalue weighted by Crippen LogP contribution is -2.20. The van der Waals surface area contributed by atoms with Crippen LogP contribution in [-0.4, -0.2) is 25.3 Å². The monoisotopic (exact) mass is 377 g/mol. The predicted octanol–water partition coefficient (Wildman–Crippen LogP) is 3.40. The topological polar surface area (TPSA) is 73.9 Å². The minimum absolute atomic E-state index is 0.0522. The van der Waals surface area contributed by atoms with Gasteiger partial charge in [-0.15, -0.1) is 0 Å². The summed E-state index contributed by atoms with van der Waals surface area (Å²) in [5.41, 5.74) is 1.02. The Morgan fingerprint density at radius 3 is 2.81 bits per heavy atom. The number of esters is 1. The summed E-state index contributed by atoms with van der Waals surface area (Å²) in [7, 11) is 0. The van der Waals surface area contributed by atoms with E-state index in [-0.39, 0.29) is 11.8 Å². The molecule has 2 aromatic carbocycles. The first kappa shape index (κ1) is 17.8.